The molecule has 0 atom stereocenters. The quantitative estimate of drug-likeness (QED) is 0.587. The lowest BCUT2D eigenvalue weighted by Gasteiger charge is -2.10. The maximum atomic E-state index is 12.2. The number of carbonyl (C=O) groups is 1. The fraction of sp³-hybridized carbons (Fsp3) is 0.150. The molecule has 0 aliphatic heterocycles. The Bertz CT molecular complexity index is 995. The lowest BCUT2D eigenvalue weighted by Crippen LogP contribution is -2.09. The first kappa shape index (κ1) is 19.1. The van der Waals surface area contributed by atoms with Crippen LogP contribution in [0.5, 0.6) is 0 Å². The van der Waals surface area contributed by atoms with Crippen LogP contribution in [-0.4, -0.2) is 20.9 Å². The minimum absolute atomic E-state index is 0.263. The molecule has 0 unspecified atom stereocenters. The van der Waals surface area contributed by atoms with E-state index < -0.39 is 0 Å². The number of nitrogens with one attached hydrogen (secondary N) is 1. The summed E-state index contributed by atoms with van der Waals surface area (Å²) in [5.41, 5.74) is 3.21. The molecule has 0 bridgehead atoms. The molecule has 5 nitrogen and oxygen atoms in total. The number of carbonyl (C=O) groups excluding carboxylic acids is 1. The van der Waals surface area contributed by atoms with Crippen LogP contribution in [0.2, 0.25) is 10.0 Å². The van der Waals surface area contributed by atoms with Crippen molar-refractivity contribution in [1.82, 2.24) is 15.0 Å². The molecule has 1 amide bonds. The fourth-order valence-electron chi connectivity index (χ4n) is 2.54. The summed E-state index contributed by atoms with van der Waals surface area (Å²) >= 11 is 12.0. The molecule has 1 aromatic heterocycles. The summed E-state index contributed by atoms with van der Waals surface area (Å²) in [5, 5.41) is 12.0. The molecule has 0 saturated heterocycles. The SMILES string of the molecule is CC(C)c1cnnn1-c1cccc(NC(=O)/C=C/c2ccc(Cl)cc2Cl)c1. The number of nitrogens with zero attached hydrogens (tertiary/aromatic N) is 3. The van der Waals surface area contributed by atoms with E-state index in [0.717, 1.165) is 11.4 Å². The summed E-state index contributed by atoms with van der Waals surface area (Å²) in [6, 6.07) is 12.6. The van der Waals surface area contributed by atoms with Crippen molar-refractivity contribution in [3.8, 4) is 5.69 Å². The van der Waals surface area contributed by atoms with Crippen LogP contribution in [0, 0.1) is 0 Å². The van der Waals surface area contributed by atoms with Gasteiger partial charge in [-0.25, -0.2) is 4.68 Å². The molecule has 2 aromatic carbocycles. The van der Waals surface area contributed by atoms with Crippen molar-refractivity contribution < 1.29 is 4.79 Å². The maximum absolute atomic E-state index is 12.2. The Hall–Kier alpha value is -2.63. The summed E-state index contributed by atoms with van der Waals surface area (Å²) in [6.45, 7) is 4.15. The van der Waals surface area contributed by atoms with Gasteiger partial charge in [-0.3, -0.25) is 4.79 Å². The summed E-state index contributed by atoms with van der Waals surface area (Å²) in [6.07, 6.45) is 4.82. The number of amides is 1. The van der Waals surface area contributed by atoms with Crippen molar-refractivity contribution in [3.05, 3.63) is 76.0 Å². The van der Waals surface area contributed by atoms with Gasteiger partial charge in [0, 0.05) is 21.8 Å². The molecule has 27 heavy (non-hydrogen) atoms. The standard InChI is InChI=1S/C20H18Cl2N4O/c1-13(2)19-12-23-25-26(19)17-5-3-4-16(11-17)24-20(27)9-7-14-6-8-15(21)10-18(14)22/h3-13H,1-2H3,(H,24,27)/b9-7+. The van der Waals surface area contributed by atoms with Crippen LogP contribution in [0.4, 0.5) is 5.69 Å². The Kier molecular flexibility index (Phi) is 5.94. The highest BCUT2D eigenvalue weighted by Gasteiger charge is 2.10. The molecule has 0 aliphatic rings. The van der Waals surface area contributed by atoms with Crippen molar-refractivity contribution in [2.24, 2.45) is 0 Å². The summed E-state index contributed by atoms with van der Waals surface area (Å²) in [5.74, 6) is 0.0196. The first-order valence-electron chi connectivity index (χ1n) is 8.39. The summed E-state index contributed by atoms with van der Waals surface area (Å²) in [7, 11) is 0. The minimum Gasteiger partial charge on any atom is -0.322 e. The van der Waals surface area contributed by atoms with E-state index in [-0.39, 0.29) is 11.8 Å². The van der Waals surface area contributed by atoms with Crippen molar-refractivity contribution in [2.45, 2.75) is 19.8 Å². The third-order valence-corrected chi connectivity index (χ3v) is 4.46. The predicted molar refractivity (Wildman–Crippen MR) is 110 cm³/mol. The third-order valence-electron chi connectivity index (χ3n) is 3.90. The largest absolute Gasteiger partial charge is 0.322 e. The highest BCUT2D eigenvalue weighted by Crippen LogP contribution is 2.22. The van der Waals surface area contributed by atoms with Gasteiger partial charge in [-0.1, -0.05) is 54.4 Å². The topological polar surface area (TPSA) is 59.8 Å². The van der Waals surface area contributed by atoms with Crippen LogP contribution in [0.3, 0.4) is 0 Å². The van der Waals surface area contributed by atoms with Crippen LogP contribution in [0.25, 0.3) is 11.8 Å². The molecule has 0 fully saturated rings. The van der Waals surface area contributed by atoms with E-state index in [0.29, 0.717) is 21.3 Å². The molecular formula is C20H18Cl2N4O. The van der Waals surface area contributed by atoms with Gasteiger partial charge >= 0.3 is 0 Å². The summed E-state index contributed by atoms with van der Waals surface area (Å²) < 4.78 is 1.77. The van der Waals surface area contributed by atoms with Crippen molar-refractivity contribution >= 4 is 40.9 Å². The van der Waals surface area contributed by atoms with Gasteiger partial charge in [-0.05, 0) is 47.9 Å². The summed E-state index contributed by atoms with van der Waals surface area (Å²) in [4.78, 5) is 12.2. The normalized spacial score (nSPS) is 11.3. The molecule has 0 saturated carbocycles. The van der Waals surface area contributed by atoms with Crippen LogP contribution in [-0.2, 0) is 4.79 Å². The van der Waals surface area contributed by atoms with Gasteiger partial charge in [0.15, 0.2) is 0 Å². The maximum Gasteiger partial charge on any atom is 0.248 e. The third kappa shape index (κ3) is 4.76. The van der Waals surface area contributed by atoms with E-state index in [1.165, 1.54) is 6.08 Å². The molecule has 138 valence electrons. The van der Waals surface area contributed by atoms with Crippen LogP contribution >= 0.6 is 23.2 Å². The highest BCUT2D eigenvalue weighted by molar-refractivity contribution is 6.35. The van der Waals surface area contributed by atoms with E-state index in [9.17, 15) is 4.79 Å². The number of halogens is 2. The van der Waals surface area contributed by atoms with Gasteiger partial charge in [0.05, 0.1) is 17.6 Å². The first-order valence-corrected chi connectivity index (χ1v) is 9.15. The molecular weight excluding hydrogens is 383 g/mol. The Morgan fingerprint density at radius 2 is 2.00 bits per heavy atom. The monoisotopic (exact) mass is 400 g/mol. The second-order valence-corrected chi connectivity index (χ2v) is 7.11. The van der Waals surface area contributed by atoms with Crippen LogP contribution in [0.1, 0.15) is 31.0 Å². The van der Waals surface area contributed by atoms with Crippen LogP contribution in [0.15, 0.2) is 54.7 Å². The Morgan fingerprint density at radius 1 is 1.19 bits per heavy atom. The second-order valence-electron chi connectivity index (χ2n) is 6.26. The zero-order valence-corrected chi connectivity index (χ0v) is 16.4. The zero-order valence-electron chi connectivity index (χ0n) is 14.9. The van der Waals surface area contributed by atoms with E-state index in [1.54, 1.807) is 35.2 Å². The zero-order chi connectivity index (χ0) is 19.4. The number of aromatic nitrogens is 3. The molecule has 3 aromatic rings. The van der Waals surface area contributed by atoms with Gasteiger partial charge in [-0.15, -0.1) is 5.10 Å². The lowest BCUT2D eigenvalue weighted by atomic mass is 10.1. The van der Waals surface area contributed by atoms with Crippen LogP contribution < -0.4 is 5.32 Å². The predicted octanol–water partition coefficient (Wildman–Crippen LogP) is 5.35. The van der Waals surface area contributed by atoms with Gasteiger partial charge < -0.3 is 5.32 Å². The smallest absolute Gasteiger partial charge is 0.248 e. The van der Waals surface area contributed by atoms with Crippen molar-refractivity contribution in [2.75, 3.05) is 5.32 Å². The number of hydrogen-bond donors (Lipinski definition) is 1. The first-order chi connectivity index (χ1) is 12.9. The van der Waals surface area contributed by atoms with Gasteiger partial charge in [0.1, 0.15) is 0 Å². The second kappa shape index (κ2) is 8.37. The molecule has 1 N–H and O–H groups in total. The number of benzene rings is 2. The molecule has 3 rings (SSSR count). The average molecular weight is 401 g/mol. The molecule has 7 heteroatoms. The molecule has 1 heterocycles. The average Bonchev–Trinajstić information content (AvgIpc) is 3.11. The van der Waals surface area contributed by atoms with E-state index >= 15 is 0 Å². The van der Waals surface area contributed by atoms with Crippen molar-refractivity contribution in [3.63, 3.8) is 0 Å². The van der Waals surface area contributed by atoms with Gasteiger partial charge in [0.2, 0.25) is 5.91 Å². The van der Waals surface area contributed by atoms with Gasteiger partial charge in [0.25, 0.3) is 0 Å². The van der Waals surface area contributed by atoms with Crippen molar-refractivity contribution in [1.29, 1.82) is 0 Å². The molecule has 0 radical (unpaired) electrons. The number of anilines is 1. The van der Waals surface area contributed by atoms with E-state index in [4.69, 9.17) is 23.2 Å². The Labute approximate surface area is 167 Å². The Balaban J connectivity index is 1.75. The molecule has 0 spiro atoms. The van der Waals surface area contributed by atoms with E-state index in [1.807, 2.05) is 24.3 Å². The lowest BCUT2D eigenvalue weighted by molar-refractivity contribution is -0.111. The Morgan fingerprint density at radius 3 is 2.74 bits per heavy atom. The number of hydrogen-bond acceptors (Lipinski definition) is 3. The number of rotatable bonds is 5. The highest BCUT2D eigenvalue weighted by atomic mass is 35.5. The van der Waals surface area contributed by atoms with E-state index in [2.05, 4.69) is 29.5 Å². The molecule has 0 aliphatic carbocycles. The fourth-order valence-corrected chi connectivity index (χ4v) is 3.01. The van der Waals surface area contributed by atoms with Gasteiger partial charge in [-0.2, -0.15) is 0 Å². The minimum atomic E-state index is -0.263.